The van der Waals surface area contributed by atoms with Crippen molar-refractivity contribution in [2.75, 3.05) is 13.2 Å². The average Bonchev–Trinajstić information content (AvgIpc) is 3.11. The minimum Gasteiger partial charge on any atom is -0.377 e. The van der Waals surface area contributed by atoms with Gasteiger partial charge in [0.05, 0.1) is 18.0 Å². The van der Waals surface area contributed by atoms with E-state index in [0.29, 0.717) is 6.10 Å². The first-order valence-electron chi connectivity index (χ1n) is 6.82. The van der Waals surface area contributed by atoms with Gasteiger partial charge in [0.15, 0.2) is 0 Å². The third-order valence-corrected chi connectivity index (χ3v) is 3.46. The molecule has 1 aliphatic rings. The van der Waals surface area contributed by atoms with E-state index in [0.717, 1.165) is 25.4 Å². The summed E-state index contributed by atoms with van der Waals surface area (Å²) in [5.41, 5.74) is 2.34. The molecule has 1 fully saturated rings. The highest BCUT2D eigenvalue weighted by atomic mass is 16.5. The van der Waals surface area contributed by atoms with Crippen molar-refractivity contribution in [3.05, 3.63) is 48.5 Å². The fourth-order valence-corrected chi connectivity index (χ4v) is 2.47. The lowest BCUT2D eigenvalue weighted by Gasteiger charge is -2.12. The predicted octanol–water partition coefficient (Wildman–Crippen LogP) is 2.14. The maximum atomic E-state index is 5.61. The van der Waals surface area contributed by atoms with Gasteiger partial charge in [-0.2, -0.15) is 0 Å². The van der Waals surface area contributed by atoms with E-state index in [9.17, 15) is 0 Å². The summed E-state index contributed by atoms with van der Waals surface area (Å²) in [6.45, 7) is 2.69. The van der Waals surface area contributed by atoms with Crippen LogP contribution in [0.1, 0.15) is 18.5 Å². The number of nitrogens with one attached hydrogen (secondary N) is 1. The van der Waals surface area contributed by atoms with Crippen LogP contribution in [0.4, 0.5) is 0 Å². The second kappa shape index (κ2) is 5.99. The number of aromatic nitrogens is 2. The van der Waals surface area contributed by atoms with Crippen LogP contribution in [0.3, 0.4) is 0 Å². The molecule has 0 aliphatic carbocycles. The largest absolute Gasteiger partial charge is 0.377 e. The third-order valence-electron chi connectivity index (χ3n) is 3.46. The minimum absolute atomic E-state index is 0.391. The van der Waals surface area contributed by atoms with Gasteiger partial charge in [0, 0.05) is 37.8 Å². The zero-order chi connectivity index (χ0) is 12.9. The van der Waals surface area contributed by atoms with Crippen LogP contribution in [-0.4, -0.2) is 28.8 Å². The maximum Gasteiger partial charge on any atom is 0.0700 e. The quantitative estimate of drug-likeness (QED) is 0.892. The van der Waals surface area contributed by atoms with Crippen molar-refractivity contribution >= 4 is 0 Å². The van der Waals surface area contributed by atoms with Crippen molar-refractivity contribution in [2.45, 2.75) is 25.5 Å². The standard InChI is InChI=1S/C15H19N3O/c1-4-13(10-16-7-1)18-8-2-5-14(18)11-17-12-15-6-3-9-19-15/h1-2,4-5,7-8,10,15,17H,3,6,9,11-12H2. The van der Waals surface area contributed by atoms with Crippen LogP contribution in [0.5, 0.6) is 0 Å². The Morgan fingerprint density at radius 2 is 2.37 bits per heavy atom. The van der Waals surface area contributed by atoms with Crippen LogP contribution in [0, 0.1) is 0 Å². The molecule has 2 aromatic heterocycles. The summed E-state index contributed by atoms with van der Waals surface area (Å²) in [7, 11) is 0. The van der Waals surface area contributed by atoms with E-state index in [4.69, 9.17) is 4.74 Å². The van der Waals surface area contributed by atoms with E-state index in [2.05, 4.69) is 39.3 Å². The van der Waals surface area contributed by atoms with Gasteiger partial charge in [-0.05, 0) is 37.1 Å². The van der Waals surface area contributed by atoms with E-state index in [1.165, 1.54) is 18.5 Å². The van der Waals surface area contributed by atoms with Crippen LogP contribution < -0.4 is 5.32 Å². The Labute approximate surface area is 113 Å². The Balaban J connectivity index is 1.61. The minimum atomic E-state index is 0.391. The summed E-state index contributed by atoms with van der Waals surface area (Å²) in [5.74, 6) is 0. The van der Waals surface area contributed by atoms with Crippen molar-refractivity contribution in [3.8, 4) is 5.69 Å². The van der Waals surface area contributed by atoms with Gasteiger partial charge in [0.2, 0.25) is 0 Å². The monoisotopic (exact) mass is 257 g/mol. The van der Waals surface area contributed by atoms with Gasteiger partial charge in [-0.1, -0.05) is 0 Å². The molecule has 19 heavy (non-hydrogen) atoms. The summed E-state index contributed by atoms with van der Waals surface area (Å²) < 4.78 is 7.77. The highest BCUT2D eigenvalue weighted by Crippen LogP contribution is 2.13. The lowest BCUT2D eigenvalue weighted by molar-refractivity contribution is 0.110. The van der Waals surface area contributed by atoms with Gasteiger partial charge in [-0.25, -0.2) is 0 Å². The Hall–Kier alpha value is -1.65. The molecule has 0 aromatic carbocycles. The van der Waals surface area contributed by atoms with E-state index in [1.54, 1.807) is 6.20 Å². The van der Waals surface area contributed by atoms with Crippen molar-refractivity contribution < 1.29 is 4.74 Å². The predicted molar refractivity (Wildman–Crippen MR) is 74.2 cm³/mol. The van der Waals surface area contributed by atoms with Gasteiger partial charge in [-0.15, -0.1) is 0 Å². The second-order valence-corrected chi connectivity index (χ2v) is 4.85. The van der Waals surface area contributed by atoms with Crippen LogP contribution >= 0.6 is 0 Å². The van der Waals surface area contributed by atoms with Gasteiger partial charge in [0.1, 0.15) is 0 Å². The molecule has 3 heterocycles. The normalized spacial score (nSPS) is 18.8. The molecule has 4 nitrogen and oxygen atoms in total. The molecule has 0 spiro atoms. The van der Waals surface area contributed by atoms with E-state index < -0.39 is 0 Å². The number of nitrogens with zero attached hydrogens (tertiary/aromatic N) is 2. The lowest BCUT2D eigenvalue weighted by Crippen LogP contribution is -2.26. The molecule has 0 amide bonds. The lowest BCUT2D eigenvalue weighted by atomic mass is 10.2. The van der Waals surface area contributed by atoms with E-state index in [-0.39, 0.29) is 0 Å². The number of hydrogen-bond acceptors (Lipinski definition) is 3. The number of ether oxygens (including phenoxy) is 1. The number of rotatable bonds is 5. The highest BCUT2D eigenvalue weighted by molar-refractivity contribution is 5.31. The molecule has 4 heteroatoms. The Morgan fingerprint density at radius 3 is 3.16 bits per heavy atom. The number of pyridine rings is 1. The zero-order valence-corrected chi connectivity index (χ0v) is 11.0. The van der Waals surface area contributed by atoms with Crippen molar-refractivity contribution in [1.29, 1.82) is 0 Å². The summed E-state index contributed by atoms with van der Waals surface area (Å²) in [5, 5.41) is 3.47. The fraction of sp³-hybridized carbons (Fsp3) is 0.400. The van der Waals surface area contributed by atoms with Crippen LogP contribution in [0.15, 0.2) is 42.9 Å². The third kappa shape index (κ3) is 3.03. The molecule has 0 bridgehead atoms. The van der Waals surface area contributed by atoms with Gasteiger partial charge >= 0.3 is 0 Å². The Kier molecular flexibility index (Phi) is 3.91. The Morgan fingerprint density at radius 1 is 1.37 bits per heavy atom. The molecule has 0 saturated carbocycles. The molecule has 2 aromatic rings. The SMILES string of the molecule is c1cncc(-n2cccc2CNCC2CCCO2)c1. The van der Waals surface area contributed by atoms with E-state index in [1.807, 2.05) is 12.3 Å². The van der Waals surface area contributed by atoms with Crippen LogP contribution in [0.25, 0.3) is 5.69 Å². The molecule has 1 aliphatic heterocycles. The first kappa shape index (κ1) is 12.4. The topological polar surface area (TPSA) is 39.1 Å². The molecule has 1 unspecified atom stereocenters. The van der Waals surface area contributed by atoms with Crippen molar-refractivity contribution in [2.24, 2.45) is 0 Å². The Bertz CT molecular complexity index is 503. The summed E-state index contributed by atoms with van der Waals surface area (Å²) >= 11 is 0. The average molecular weight is 257 g/mol. The molecule has 3 rings (SSSR count). The van der Waals surface area contributed by atoms with E-state index >= 15 is 0 Å². The molecule has 1 atom stereocenters. The summed E-state index contributed by atoms with van der Waals surface area (Å²) in [6.07, 6.45) is 8.50. The van der Waals surface area contributed by atoms with Gasteiger partial charge in [-0.3, -0.25) is 4.98 Å². The van der Waals surface area contributed by atoms with Gasteiger partial charge < -0.3 is 14.6 Å². The molecule has 100 valence electrons. The summed E-state index contributed by atoms with van der Waals surface area (Å²) in [4.78, 5) is 4.16. The van der Waals surface area contributed by atoms with Crippen LogP contribution in [0.2, 0.25) is 0 Å². The van der Waals surface area contributed by atoms with Gasteiger partial charge in [0.25, 0.3) is 0 Å². The first-order chi connectivity index (χ1) is 9.43. The fourth-order valence-electron chi connectivity index (χ4n) is 2.47. The summed E-state index contributed by atoms with van der Waals surface area (Å²) in [6, 6.07) is 8.22. The zero-order valence-electron chi connectivity index (χ0n) is 11.0. The molecular weight excluding hydrogens is 238 g/mol. The highest BCUT2D eigenvalue weighted by Gasteiger charge is 2.14. The van der Waals surface area contributed by atoms with Crippen LogP contribution in [-0.2, 0) is 11.3 Å². The molecular formula is C15H19N3O. The molecule has 0 radical (unpaired) electrons. The second-order valence-electron chi connectivity index (χ2n) is 4.85. The van der Waals surface area contributed by atoms with Crippen molar-refractivity contribution in [3.63, 3.8) is 0 Å². The van der Waals surface area contributed by atoms with Crippen molar-refractivity contribution in [1.82, 2.24) is 14.9 Å². The maximum absolute atomic E-state index is 5.61. The smallest absolute Gasteiger partial charge is 0.0700 e. The molecule has 1 N–H and O–H groups in total. The molecule has 1 saturated heterocycles. The number of hydrogen-bond donors (Lipinski definition) is 1. The first-order valence-corrected chi connectivity index (χ1v) is 6.82.